The van der Waals surface area contributed by atoms with E-state index in [-0.39, 0.29) is 34.6 Å². The molecule has 0 radical (unpaired) electrons. The topological polar surface area (TPSA) is 78.6 Å². The van der Waals surface area contributed by atoms with E-state index in [0.717, 1.165) is 5.56 Å². The number of carbonyl (C=O) groups excluding carboxylic acids is 2. The Balaban J connectivity index is 1.86. The van der Waals surface area contributed by atoms with E-state index >= 15 is 0 Å². The number of nitrogens with two attached hydrogens (primary N) is 1. The third-order valence-electron chi connectivity index (χ3n) is 5.51. The molecule has 30 heavy (non-hydrogen) atoms. The molecular weight excluding hydrogens is 425 g/mol. The van der Waals surface area contributed by atoms with Crippen LogP contribution in [0.2, 0.25) is 10.0 Å². The van der Waals surface area contributed by atoms with Crippen molar-refractivity contribution >= 4 is 35.0 Å². The summed E-state index contributed by atoms with van der Waals surface area (Å²) in [5, 5.41) is 0.570. The number of ether oxygens (including phenoxy) is 2. The number of Topliss-reactive ketones (excluding diaryl/α,β-unsaturated/α-hetero) is 1. The minimum atomic E-state index is -0.809. The number of ketones is 1. The summed E-state index contributed by atoms with van der Waals surface area (Å²) >= 11 is 12.7. The van der Waals surface area contributed by atoms with Crippen LogP contribution in [-0.4, -0.2) is 18.9 Å². The van der Waals surface area contributed by atoms with Crippen molar-refractivity contribution in [2.24, 2.45) is 5.73 Å². The molecule has 1 aliphatic heterocycles. The molecule has 2 N–H and O–H groups in total. The molecule has 2 aromatic rings. The fourth-order valence-electron chi connectivity index (χ4n) is 4.13. The van der Waals surface area contributed by atoms with Crippen molar-refractivity contribution in [2.75, 3.05) is 7.11 Å². The van der Waals surface area contributed by atoms with Crippen LogP contribution in [0.1, 0.15) is 35.8 Å². The molecule has 0 unspecified atom stereocenters. The van der Waals surface area contributed by atoms with E-state index in [1.807, 2.05) is 30.3 Å². The van der Waals surface area contributed by atoms with Crippen molar-refractivity contribution in [3.05, 3.63) is 92.5 Å². The molecule has 0 aromatic heterocycles. The maximum atomic E-state index is 13.3. The van der Waals surface area contributed by atoms with Gasteiger partial charge in [0.2, 0.25) is 5.88 Å². The molecule has 154 valence electrons. The average molecular weight is 444 g/mol. The summed E-state index contributed by atoms with van der Waals surface area (Å²) in [5.74, 6) is -1.30. The molecule has 2 atom stereocenters. The monoisotopic (exact) mass is 443 g/mol. The number of hydrogen-bond donors (Lipinski definition) is 1. The number of methoxy groups -OCH3 is 1. The van der Waals surface area contributed by atoms with E-state index in [1.54, 1.807) is 18.2 Å². The Bertz CT molecular complexity index is 1090. The Morgan fingerprint density at radius 3 is 2.53 bits per heavy atom. The molecule has 5 nitrogen and oxygen atoms in total. The van der Waals surface area contributed by atoms with Gasteiger partial charge in [-0.2, -0.15) is 0 Å². The molecule has 4 rings (SSSR count). The summed E-state index contributed by atoms with van der Waals surface area (Å²) in [7, 11) is 1.25. The van der Waals surface area contributed by atoms with Crippen LogP contribution >= 0.6 is 23.2 Å². The van der Waals surface area contributed by atoms with Gasteiger partial charge in [0.05, 0.1) is 23.1 Å². The van der Waals surface area contributed by atoms with Crippen LogP contribution in [0.15, 0.2) is 71.3 Å². The molecule has 2 aromatic carbocycles. The fraction of sp³-hybridized carbons (Fsp3) is 0.217. The van der Waals surface area contributed by atoms with Gasteiger partial charge in [-0.25, -0.2) is 4.79 Å². The first-order valence-corrected chi connectivity index (χ1v) is 10.2. The highest BCUT2D eigenvalue weighted by atomic mass is 35.5. The number of benzene rings is 2. The molecule has 0 spiro atoms. The van der Waals surface area contributed by atoms with Crippen molar-refractivity contribution in [1.82, 2.24) is 0 Å². The van der Waals surface area contributed by atoms with Gasteiger partial charge in [-0.3, -0.25) is 4.79 Å². The molecule has 0 bridgehead atoms. The van der Waals surface area contributed by atoms with Crippen LogP contribution in [0.4, 0.5) is 0 Å². The van der Waals surface area contributed by atoms with E-state index in [9.17, 15) is 9.59 Å². The highest BCUT2D eigenvalue weighted by Gasteiger charge is 2.44. The minimum Gasteiger partial charge on any atom is -0.465 e. The number of halogens is 2. The Morgan fingerprint density at radius 1 is 1.10 bits per heavy atom. The number of allylic oxidation sites excluding steroid dienone is 2. The molecule has 1 heterocycles. The van der Waals surface area contributed by atoms with Crippen LogP contribution in [0, 0.1) is 0 Å². The van der Waals surface area contributed by atoms with Gasteiger partial charge in [0.1, 0.15) is 11.3 Å². The van der Waals surface area contributed by atoms with Gasteiger partial charge < -0.3 is 15.2 Å². The minimum absolute atomic E-state index is 0.0413. The van der Waals surface area contributed by atoms with Crippen LogP contribution < -0.4 is 5.73 Å². The van der Waals surface area contributed by atoms with Crippen molar-refractivity contribution in [3.8, 4) is 0 Å². The summed E-state index contributed by atoms with van der Waals surface area (Å²) in [6.45, 7) is 0. The third kappa shape index (κ3) is 3.48. The average Bonchev–Trinajstić information content (AvgIpc) is 2.74. The predicted octanol–water partition coefficient (Wildman–Crippen LogP) is 4.85. The Hall–Kier alpha value is -2.76. The van der Waals surface area contributed by atoms with Gasteiger partial charge in [-0.05, 0) is 23.1 Å². The van der Waals surface area contributed by atoms with Gasteiger partial charge in [0, 0.05) is 18.4 Å². The normalized spacial score (nSPS) is 21.2. The quantitative estimate of drug-likeness (QED) is 0.685. The Morgan fingerprint density at radius 2 is 1.83 bits per heavy atom. The Labute approximate surface area is 184 Å². The zero-order valence-corrected chi connectivity index (χ0v) is 17.7. The lowest BCUT2D eigenvalue weighted by Crippen LogP contribution is -2.33. The summed E-state index contributed by atoms with van der Waals surface area (Å²) < 4.78 is 10.7. The maximum Gasteiger partial charge on any atom is 0.340 e. The lowest BCUT2D eigenvalue weighted by Gasteiger charge is -2.35. The Kier molecular flexibility index (Phi) is 5.58. The molecule has 7 heteroatoms. The van der Waals surface area contributed by atoms with E-state index in [2.05, 4.69) is 0 Å². The van der Waals surface area contributed by atoms with Crippen LogP contribution in [0.5, 0.6) is 0 Å². The van der Waals surface area contributed by atoms with E-state index < -0.39 is 11.9 Å². The molecule has 0 fully saturated rings. The SMILES string of the molecule is COC(=O)C1=C(N)OC2=C(C(=O)C[C@H](c3ccccc3)C2)[C@@H]1c1cccc(Cl)c1Cl. The predicted molar refractivity (Wildman–Crippen MR) is 114 cm³/mol. The zero-order valence-electron chi connectivity index (χ0n) is 16.2. The van der Waals surface area contributed by atoms with Crippen molar-refractivity contribution in [3.63, 3.8) is 0 Å². The number of esters is 1. The summed E-state index contributed by atoms with van der Waals surface area (Å²) in [5.41, 5.74) is 8.12. The molecule has 1 aliphatic carbocycles. The fourth-order valence-corrected chi connectivity index (χ4v) is 4.55. The maximum absolute atomic E-state index is 13.3. The van der Waals surface area contributed by atoms with Crippen LogP contribution in [0.25, 0.3) is 0 Å². The molecule has 0 saturated carbocycles. The molecule has 0 amide bonds. The van der Waals surface area contributed by atoms with Crippen molar-refractivity contribution < 1.29 is 19.1 Å². The van der Waals surface area contributed by atoms with Crippen LogP contribution in [0.3, 0.4) is 0 Å². The summed E-state index contributed by atoms with van der Waals surface area (Å²) in [6, 6.07) is 14.8. The first-order chi connectivity index (χ1) is 14.4. The second kappa shape index (κ2) is 8.17. The largest absolute Gasteiger partial charge is 0.465 e. The van der Waals surface area contributed by atoms with Gasteiger partial charge in [-0.1, -0.05) is 65.7 Å². The zero-order chi connectivity index (χ0) is 21.4. The number of carbonyl (C=O) groups is 2. The molecule has 0 saturated heterocycles. The smallest absolute Gasteiger partial charge is 0.340 e. The lowest BCUT2D eigenvalue weighted by atomic mass is 9.73. The molecule has 2 aliphatic rings. The van der Waals surface area contributed by atoms with Crippen molar-refractivity contribution in [2.45, 2.75) is 24.7 Å². The van der Waals surface area contributed by atoms with Gasteiger partial charge in [-0.15, -0.1) is 0 Å². The third-order valence-corrected chi connectivity index (χ3v) is 6.34. The second-order valence-corrected chi connectivity index (χ2v) is 8.01. The van der Waals surface area contributed by atoms with Gasteiger partial charge in [0.25, 0.3) is 0 Å². The van der Waals surface area contributed by atoms with Gasteiger partial charge >= 0.3 is 5.97 Å². The standard InChI is InChI=1S/C23H19Cl2NO4/c1-29-23(28)20-18(14-8-5-9-15(24)21(14)25)19-16(27)10-13(11-17(19)30-22(20)26)12-6-3-2-4-7-12/h2-9,13,18H,10-11,26H2,1H3/t13-,18-/m0/s1. The highest BCUT2D eigenvalue weighted by molar-refractivity contribution is 6.42. The number of rotatable bonds is 3. The second-order valence-electron chi connectivity index (χ2n) is 7.22. The first kappa shape index (κ1) is 20.5. The summed E-state index contributed by atoms with van der Waals surface area (Å²) in [4.78, 5) is 25.9. The van der Waals surface area contributed by atoms with E-state index in [0.29, 0.717) is 28.3 Å². The number of hydrogen-bond acceptors (Lipinski definition) is 5. The van der Waals surface area contributed by atoms with Gasteiger partial charge in [0.15, 0.2) is 5.78 Å². The van der Waals surface area contributed by atoms with Crippen molar-refractivity contribution in [1.29, 1.82) is 0 Å². The molecular formula is C23H19Cl2NO4. The van der Waals surface area contributed by atoms with E-state index in [4.69, 9.17) is 38.4 Å². The lowest BCUT2D eigenvalue weighted by molar-refractivity contribution is -0.136. The highest BCUT2D eigenvalue weighted by Crippen LogP contribution is 2.49. The summed E-state index contributed by atoms with van der Waals surface area (Å²) in [6.07, 6.45) is 0.768. The first-order valence-electron chi connectivity index (χ1n) is 9.43. The van der Waals surface area contributed by atoms with E-state index in [1.165, 1.54) is 7.11 Å². The van der Waals surface area contributed by atoms with Crippen LogP contribution in [-0.2, 0) is 19.1 Å².